The van der Waals surface area contributed by atoms with Gasteiger partial charge < -0.3 is 14.8 Å². The second-order valence-electron chi connectivity index (χ2n) is 6.81. The molecule has 1 saturated heterocycles. The summed E-state index contributed by atoms with van der Waals surface area (Å²) in [6.45, 7) is 9.10. The van der Waals surface area contributed by atoms with Gasteiger partial charge >= 0.3 is 0 Å². The van der Waals surface area contributed by atoms with Gasteiger partial charge in [0, 0.05) is 31.8 Å². The van der Waals surface area contributed by atoms with Crippen LogP contribution < -0.4 is 5.32 Å². The van der Waals surface area contributed by atoms with Crippen molar-refractivity contribution < 1.29 is 28.7 Å². The summed E-state index contributed by atoms with van der Waals surface area (Å²) >= 11 is 0. The van der Waals surface area contributed by atoms with Gasteiger partial charge in [0.15, 0.2) is 5.78 Å². The summed E-state index contributed by atoms with van der Waals surface area (Å²) in [5, 5.41) is 2.65. The van der Waals surface area contributed by atoms with E-state index < -0.39 is 0 Å². The van der Waals surface area contributed by atoms with E-state index in [4.69, 9.17) is 9.47 Å². The van der Waals surface area contributed by atoms with E-state index in [2.05, 4.69) is 19.2 Å². The minimum Gasteiger partial charge on any atom is -0.377 e. The van der Waals surface area contributed by atoms with Crippen LogP contribution in [0.4, 0.5) is 0 Å². The fourth-order valence-corrected chi connectivity index (χ4v) is 2.44. The van der Waals surface area contributed by atoms with Gasteiger partial charge in [-0.05, 0) is 6.92 Å². The fraction of sp³-hybridized carbons (Fsp3) is 0.800. The van der Waals surface area contributed by atoms with E-state index in [0.29, 0.717) is 26.4 Å². The smallest absolute Gasteiger partial charge is 0.232 e. The minimum absolute atomic E-state index is 0.0402. The molecule has 0 saturated carbocycles. The first-order chi connectivity index (χ1) is 13.3. The van der Waals surface area contributed by atoms with Gasteiger partial charge in [-0.3, -0.25) is 24.1 Å². The van der Waals surface area contributed by atoms with Gasteiger partial charge in [-0.25, -0.2) is 0 Å². The molecule has 1 aliphatic rings. The van der Waals surface area contributed by atoms with Crippen LogP contribution in [0.15, 0.2) is 0 Å². The van der Waals surface area contributed by atoms with Crippen LogP contribution in [0, 0.1) is 5.92 Å². The van der Waals surface area contributed by atoms with E-state index in [1.54, 1.807) is 6.92 Å². The third kappa shape index (κ3) is 12.6. The van der Waals surface area contributed by atoms with E-state index in [1.807, 2.05) is 0 Å². The Morgan fingerprint density at radius 2 is 1.75 bits per heavy atom. The quantitative estimate of drug-likeness (QED) is 0.373. The van der Waals surface area contributed by atoms with Gasteiger partial charge in [0.1, 0.15) is 6.61 Å². The molecule has 8 heteroatoms. The van der Waals surface area contributed by atoms with E-state index in [-0.39, 0.29) is 55.4 Å². The van der Waals surface area contributed by atoms with Crippen molar-refractivity contribution in [1.29, 1.82) is 0 Å². The van der Waals surface area contributed by atoms with Crippen molar-refractivity contribution in [2.24, 2.45) is 5.92 Å². The number of ether oxygens (including phenoxy) is 2. The van der Waals surface area contributed by atoms with Crippen molar-refractivity contribution in [3.8, 4) is 0 Å². The molecule has 0 aromatic carbocycles. The topological polar surface area (TPSA) is 102 Å². The second-order valence-corrected chi connectivity index (χ2v) is 6.81. The number of unbranched alkanes of at least 4 members (excludes halogenated alkanes) is 2. The molecule has 1 heterocycles. The van der Waals surface area contributed by atoms with E-state index in [1.165, 1.54) is 26.2 Å². The average molecular weight is 401 g/mol. The normalized spacial score (nSPS) is 16.0. The number of hydrogen-bond acceptors (Lipinski definition) is 6. The number of Topliss-reactive ketones (excluding diaryl/α,β-unsaturated/α-hetero) is 1. The molecule has 1 unspecified atom stereocenters. The number of hydrogen-bond donors (Lipinski definition) is 1. The Morgan fingerprint density at radius 3 is 2.25 bits per heavy atom. The van der Waals surface area contributed by atoms with Gasteiger partial charge in [0.2, 0.25) is 17.7 Å². The van der Waals surface area contributed by atoms with Crippen molar-refractivity contribution in [2.75, 3.05) is 39.5 Å². The highest BCUT2D eigenvalue weighted by atomic mass is 16.5. The summed E-state index contributed by atoms with van der Waals surface area (Å²) in [5.41, 5.74) is 0. The summed E-state index contributed by atoms with van der Waals surface area (Å²) in [7, 11) is 0. The lowest BCUT2D eigenvalue weighted by Crippen LogP contribution is -2.35. The molecule has 3 amide bonds. The number of likely N-dealkylation sites (tertiary alicyclic amines) is 1. The van der Waals surface area contributed by atoms with E-state index in [0.717, 1.165) is 4.90 Å². The third-order valence-electron chi connectivity index (χ3n) is 3.98. The van der Waals surface area contributed by atoms with Crippen LogP contribution in [0.1, 0.15) is 59.8 Å². The van der Waals surface area contributed by atoms with Crippen LogP contribution in [0.3, 0.4) is 0 Å². The number of nitrogens with zero attached hydrogens (tertiary/aromatic N) is 1. The molecular weight excluding hydrogens is 364 g/mol. The first-order valence-corrected chi connectivity index (χ1v) is 10.1. The Hall–Kier alpha value is -1.80. The van der Waals surface area contributed by atoms with Crippen LogP contribution >= 0.6 is 0 Å². The first kappa shape index (κ1) is 26.2. The highest BCUT2D eigenvalue weighted by Crippen LogP contribution is 2.18. The van der Waals surface area contributed by atoms with Crippen LogP contribution in [-0.4, -0.2) is 67.9 Å². The molecule has 1 N–H and O–H groups in total. The van der Waals surface area contributed by atoms with Crippen molar-refractivity contribution >= 4 is 23.5 Å². The van der Waals surface area contributed by atoms with E-state index >= 15 is 0 Å². The van der Waals surface area contributed by atoms with Crippen LogP contribution in [0.2, 0.25) is 0 Å². The van der Waals surface area contributed by atoms with Gasteiger partial charge in [-0.2, -0.15) is 0 Å². The van der Waals surface area contributed by atoms with Crippen molar-refractivity contribution in [3.63, 3.8) is 0 Å². The van der Waals surface area contributed by atoms with Crippen molar-refractivity contribution in [3.05, 3.63) is 0 Å². The minimum atomic E-state index is -0.288. The van der Waals surface area contributed by atoms with Gasteiger partial charge in [-0.1, -0.05) is 40.0 Å². The maximum Gasteiger partial charge on any atom is 0.232 e. The highest BCUT2D eigenvalue weighted by molar-refractivity contribution is 6.03. The number of imide groups is 1. The summed E-state index contributed by atoms with van der Waals surface area (Å²) in [6.07, 6.45) is 4.39. The van der Waals surface area contributed by atoms with Gasteiger partial charge in [0.05, 0.1) is 19.8 Å². The van der Waals surface area contributed by atoms with E-state index in [9.17, 15) is 19.2 Å². The molecule has 162 valence electrons. The van der Waals surface area contributed by atoms with Gasteiger partial charge in [-0.15, -0.1) is 0 Å². The molecule has 0 spiro atoms. The maximum absolute atomic E-state index is 11.7. The molecule has 1 fully saturated rings. The largest absolute Gasteiger partial charge is 0.377 e. The zero-order chi connectivity index (χ0) is 21.4. The molecule has 0 bridgehead atoms. The Morgan fingerprint density at radius 1 is 1.11 bits per heavy atom. The summed E-state index contributed by atoms with van der Waals surface area (Å²) in [4.78, 5) is 46.6. The highest BCUT2D eigenvalue weighted by Gasteiger charge is 2.35. The predicted molar refractivity (Wildman–Crippen MR) is 106 cm³/mol. The molecule has 8 nitrogen and oxygen atoms in total. The standard InChI is InChI=1S/C15H24N2O6.C5H12/c1-11-9-14(20)17(15(11)21)5-3-13(19)16-4-6-22-7-8-23-10-12(2)18;1-3-5-4-2/h11H,3-10H2,1-2H3,(H,16,19);3-5H2,1-2H3. The number of amides is 3. The number of ketones is 1. The first-order valence-electron chi connectivity index (χ1n) is 10.1. The monoisotopic (exact) mass is 400 g/mol. The Kier molecular flexibility index (Phi) is 15.1. The van der Waals surface area contributed by atoms with Crippen LogP contribution in [-0.2, 0) is 28.7 Å². The lowest BCUT2D eigenvalue weighted by Gasteiger charge is -2.14. The molecule has 1 rings (SSSR count). The van der Waals surface area contributed by atoms with Crippen molar-refractivity contribution in [1.82, 2.24) is 10.2 Å². The second kappa shape index (κ2) is 16.2. The SMILES string of the molecule is CC(=O)COCCOCCNC(=O)CCN1C(=O)CC(C)C1=O.CCCCC. The average Bonchev–Trinajstić information content (AvgIpc) is 2.88. The molecule has 28 heavy (non-hydrogen) atoms. The molecule has 0 aromatic heterocycles. The zero-order valence-corrected chi connectivity index (χ0v) is 17.8. The van der Waals surface area contributed by atoms with Crippen LogP contribution in [0.25, 0.3) is 0 Å². The lowest BCUT2D eigenvalue weighted by molar-refractivity contribution is -0.139. The molecule has 1 atom stereocenters. The molecule has 0 aliphatic carbocycles. The Labute approximate surface area is 168 Å². The lowest BCUT2D eigenvalue weighted by atomic mass is 10.1. The van der Waals surface area contributed by atoms with Crippen LogP contribution in [0.5, 0.6) is 0 Å². The Bertz CT molecular complexity index is 493. The fourth-order valence-electron chi connectivity index (χ4n) is 2.44. The Balaban J connectivity index is 0.00000129. The summed E-state index contributed by atoms with van der Waals surface area (Å²) in [6, 6.07) is 0. The summed E-state index contributed by atoms with van der Waals surface area (Å²) < 4.78 is 10.2. The molecular formula is C20H36N2O6. The van der Waals surface area contributed by atoms with Crippen molar-refractivity contribution in [2.45, 2.75) is 59.8 Å². The number of rotatable bonds is 13. The summed E-state index contributed by atoms with van der Waals surface area (Å²) in [5.74, 6) is -0.992. The number of nitrogens with one attached hydrogen (secondary N) is 1. The third-order valence-corrected chi connectivity index (χ3v) is 3.98. The number of carbonyl (C=O) groups is 4. The number of carbonyl (C=O) groups excluding carboxylic acids is 4. The molecule has 1 aliphatic heterocycles. The molecule has 0 aromatic rings. The molecule has 0 radical (unpaired) electrons. The van der Waals surface area contributed by atoms with Gasteiger partial charge in [0.25, 0.3) is 0 Å². The zero-order valence-electron chi connectivity index (χ0n) is 17.8. The maximum atomic E-state index is 11.7. The predicted octanol–water partition coefficient (Wildman–Crippen LogP) is 1.71.